The van der Waals surface area contributed by atoms with Gasteiger partial charge in [0.1, 0.15) is 0 Å². The van der Waals surface area contributed by atoms with Crippen molar-refractivity contribution in [2.24, 2.45) is 16.8 Å². The van der Waals surface area contributed by atoms with Crippen LogP contribution in [0.5, 0.6) is 0 Å². The third-order valence-corrected chi connectivity index (χ3v) is 7.27. The molecule has 3 aliphatic rings. The number of hydrogen-bond acceptors (Lipinski definition) is 6. The van der Waals surface area contributed by atoms with E-state index in [9.17, 15) is 4.79 Å². The maximum absolute atomic E-state index is 12.0. The molecule has 3 rings (SSSR count). The monoisotopic (exact) mass is 526 g/mol. The zero-order valence-electron chi connectivity index (χ0n) is 17.3. The molecule has 0 spiro atoms. The van der Waals surface area contributed by atoms with Crippen molar-refractivity contribution in [2.75, 3.05) is 71.1 Å². The summed E-state index contributed by atoms with van der Waals surface area (Å²) in [5.41, 5.74) is 0.141. The van der Waals surface area contributed by atoms with Gasteiger partial charge in [-0.3, -0.25) is 14.7 Å². The van der Waals surface area contributed by atoms with Gasteiger partial charge in [0.15, 0.2) is 5.96 Å². The number of hydrogen-bond donors (Lipinski definition) is 1. The maximum atomic E-state index is 12.0. The molecular weight excluding hydrogens is 491 g/mol. The Morgan fingerprint density at radius 2 is 2.11 bits per heavy atom. The number of esters is 1. The number of aliphatic imine (C=N–C) groups is 1. The van der Waals surface area contributed by atoms with Gasteiger partial charge in [-0.25, -0.2) is 0 Å². The minimum absolute atomic E-state index is 0. The van der Waals surface area contributed by atoms with Gasteiger partial charge in [0.05, 0.1) is 38.3 Å². The van der Waals surface area contributed by atoms with Gasteiger partial charge >= 0.3 is 5.97 Å². The van der Waals surface area contributed by atoms with E-state index in [1.165, 1.54) is 19.3 Å². The molecule has 0 saturated carbocycles. The summed E-state index contributed by atoms with van der Waals surface area (Å²) in [6, 6.07) is 0. The van der Waals surface area contributed by atoms with E-state index in [1.54, 1.807) is 0 Å². The normalized spacial score (nSPS) is 31.5. The summed E-state index contributed by atoms with van der Waals surface area (Å²) in [5.74, 6) is 3.36. The lowest BCUT2D eigenvalue weighted by atomic mass is 9.96. The third-order valence-electron chi connectivity index (χ3n) is 6.04. The summed E-state index contributed by atoms with van der Waals surface area (Å²) >= 11 is 2.03. The second-order valence-corrected chi connectivity index (χ2v) is 8.91. The van der Waals surface area contributed by atoms with E-state index in [1.807, 2.05) is 11.8 Å². The molecule has 3 fully saturated rings. The Morgan fingerprint density at radius 3 is 2.71 bits per heavy atom. The summed E-state index contributed by atoms with van der Waals surface area (Å²) in [4.78, 5) is 21.9. The summed E-state index contributed by atoms with van der Waals surface area (Å²) in [6.07, 6.45) is 1.18. The van der Waals surface area contributed by atoms with Gasteiger partial charge < -0.3 is 19.7 Å². The maximum Gasteiger partial charge on any atom is 0.310 e. The third kappa shape index (κ3) is 5.46. The van der Waals surface area contributed by atoms with E-state index in [2.05, 4.69) is 29.0 Å². The lowest BCUT2D eigenvalue weighted by Gasteiger charge is -2.42. The predicted octanol–water partition coefficient (Wildman–Crippen LogP) is 1.52. The molecule has 0 aromatic carbocycles. The smallest absolute Gasteiger partial charge is 0.310 e. The molecule has 162 valence electrons. The number of methoxy groups -OCH3 is 1. The summed E-state index contributed by atoms with van der Waals surface area (Å²) in [7, 11) is 1.47. The highest BCUT2D eigenvalue weighted by Gasteiger charge is 2.41. The fraction of sp³-hybridized carbons (Fsp3) is 0.895. The molecule has 9 heteroatoms. The SMILES string of the molecule is CCNC(=NCC1(N2CCOCC2)CCSC1)N1CC(C)C(C(=O)OC)C1.I. The van der Waals surface area contributed by atoms with E-state index in [0.717, 1.165) is 57.6 Å². The number of nitrogens with zero attached hydrogens (tertiary/aromatic N) is 3. The Morgan fingerprint density at radius 1 is 1.36 bits per heavy atom. The number of halogens is 1. The van der Waals surface area contributed by atoms with Gasteiger partial charge in [-0.2, -0.15) is 11.8 Å². The number of thioether (sulfide) groups is 1. The van der Waals surface area contributed by atoms with Crippen LogP contribution >= 0.6 is 35.7 Å². The molecule has 1 N–H and O–H groups in total. The van der Waals surface area contributed by atoms with E-state index >= 15 is 0 Å². The molecule has 3 atom stereocenters. The number of ether oxygens (including phenoxy) is 2. The van der Waals surface area contributed by atoms with Gasteiger partial charge in [-0.05, 0) is 25.0 Å². The Labute approximate surface area is 190 Å². The highest BCUT2D eigenvalue weighted by molar-refractivity contribution is 14.0. The van der Waals surface area contributed by atoms with Crippen LogP contribution < -0.4 is 5.32 Å². The lowest BCUT2D eigenvalue weighted by molar-refractivity contribution is -0.145. The van der Waals surface area contributed by atoms with Gasteiger partial charge in [0.25, 0.3) is 0 Å². The molecule has 3 saturated heterocycles. The van der Waals surface area contributed by atoms with Crippen molar-refractivity contribution in [3.05, 3.63) is 0 Å². The summed E-state index contributed by atoms with van der Waals surface area (Å²) in [5, 5.41) is 3.44. The Hall–Kier alpha value is -0.260. The highest BCUT2D eigenvalue weighted by atomic mass is 127. The van der Waals surface area contributed by atoms with Gasteiger partial charge in [-0.1, -0.05) is 6.92 Å². The van der Waals surface area contributed by atoms with Crippen LogP contribution in [0.15, 0.2) is 4.99 Å². The van der Waals surface area contributed by atoms with Crippen molar-refractivity contribution in [3.63, 3.8) is 0 Å². The van der Waals surface area contributed by atoms with Gasteiger partial charge in [0, 0.05) is 38.5 Å². The molecule has 3 aliphatic heterocycles. The molecule has 0 amide bonds. The highest BCUT2D eigenvalue weighted by Crippen LogP contribution is 2.34. The van der Waals surface area contributed by atoms with Crippen LogP contribution in [-0.2, 0) is 14.3 Å². The molecule has 0 aliphatic carbocycles. The molecule has 0 bridgehead atoms. The van der Waals surface area contributed by atoms with Crippen molar-refractivity contribution < 1.29 is 14.3 Å². The Kier molecular flexibility index (Phi) is 9.62. The average Bonchev–Trinajstić information content (AvgIpc) is 3.33. The Balaban J connectivity index is 0.00000280. The first kappa shape index (κ1) is 24.0. The van der Waals surface area contributed by atoms with E-state index in [0.29, 0.717) is 6.54 Å². The second-order valence-electron chi connectivity index (χ2n) is 7.81. The topological polar surface area (TPSA) is 66.4 Å². The molecule has 0 aromatic heterocycles. The first-order valence-electron chi connectivity index (χ1n) is 10.1. The fourth-order valence-electron chi connectivity index (χ4n) is 4.35. The molecular formula is C19H35IN4O3S. The number of guanidine groups is 1. The van der Waals surface area contributed by atoms with Crippen LogP contribution in [0.1, 0.15) is 20.3 Å². The summed E-state index contributed by atoms with van der Waals surface area (Å²) < 4.78 is 10.5. The van der Waals surface area contributed by atoms with Crippen molar-refractivity contribution in [3.8, 4) is 0 Å². The molecule has 3 heterocycles. The zero-order valence-corrected chi connectivity index (χ0v) is 20.5. The fourth-order valence-corrected chi connectivity index (χ4v) is 5.82. The molecule has 3 unspecified atom stereocenters. The number of rotatable bonds is 5. The van der Waals surface area contributed by atoms with Gasteiger partial charge in [-0.15, -0.1) is 24.0 Å². The molecule has 7 nitrogen and oxygen atoms in total. The number of nitrogens with one attached hydrogen (secondary N) is 1. The first-order valence-corrected chi connectivity index (χ1v) is 11.3. The summed E-state index contributed by atoms with van der Waals surface area (Å²) in [6.45, 7) is 11.0. The number of carbonyl (C=O) groups is 1. The molecule has 0 radical (unpaired) electrons. The predicted molar refractivity (Wildman–Crippen MR) is 125 cm³/mol. The van der Waals surface area contributed by atoms with Crippen molar-refractivity contribution in [1.82, 2.24) is 15.1 Å². The zero-order chi connectivity index (χ0) is 19.3. The van der Waals surface area contributed by atoms with Gasteiger partial charge in [0.2, 0.25) is 0 Å². The van der Waals surface area contributed by atoms with Crippen molar-refractivity contribution >= 4 is 47.7 Å². The van der Waals surface area contributed by atoms with E-state index < -0.39 is 0 Å². The van der Waals surface area contributed by atoms with E-state index in [4.69, 9.17) is 14.5 Å². The standard InChI is InChI=1S/C19H34N4O3S.HI/c1-4-20-18(22-11-15(2)16(12-22)17(24)25-3)21-13-19(5-10-27-14-19)23-6-8-26-9-7-23;/h15-16H,4-14H2,1-3H3,(H,20,21);1H. The first-order chi connectivity index (χ1) is 13.1. The van der Waals surface area contributed by atoms with Crippen LogP contribution in [0, 0.1) is 11.8 Å². The molecule has 0 aromatic rings. The van der Waals surface area contributed by atoms with Crippen LogP contribution in [0.2, 0.25) is 0 Å². The van der Waals surface area contributed by atoms with E-state index in [-0.39, 0.29) is 47.3 Å². The quantitative estimate of drug-likeness (QED) is 0.252. The van der Waals surface area contributed by atoms with Crippen LogP contribution in [0.3, 0.4) is 0 Å². The van der Waals surface area contributed by atoms with Crippen LogP contribution in [-0.4, -0.2) is 98.4 Å². The van der Waals surface area contributed by atoms with Crippen LogP contribution in [0.25, 0.3) is 0 Å². The van der Waals surface area contributed by atoms with Crippen molar-refractivity contribution in [1.29, 1.82) is 0 Å². The number of carbonyl (C=O) groups excluding carboxylic acids is 1. The lowest BCUT2D eigenvalue weighted by Crippen LogP contribution is -2.56. The molecule has 28 heavy (non-hydrogen) atoms. The largest absolute Gasteiger partial charge is 0.469 e. The minimum atomic E-state index is -0.113. The Bertz CT molecular complexity index is 539. The number of morpholine rings is 1. The average molecular weight is 526 g/mol. The minimum Gasteiger partial charge on any atom is -0.469 e. The van der Waals surface area contributed by atoms with Crippen molar-refractivity contribution in [2.45, 2.75) is 25.8 Å². The van der Waals surface area contributed by atoms with Crippen LogP contribution in [0.4, 0.5) is 0 Å². The second kappa shape index (κ2) is 11.2. The number of likely N-dealkylation sites (tertiary alicyclic amines) is 1.